The molecule has 0 heterocycles. The van der Waals surface area contributed by atoms with Gasteiger partial charge < -0.3 is 23.5 Å². The molecule has 2 rings (SSSR count). The summed E-state index contributed by atoms with van der Waals surface area (Å²) < 4.78 is 33.3. The minimum Gasteiger partial charge on any atom is -0.493 e. The van der Waals surface area contributed by atoms with E-state index in [9.17, 15) is 14.2 Å². The van der Waals surface area contributed by atoms with Gasteiger partial charge in [-0.15, -0.1) is 0 Å². The highest BCUT2D eigenvalue weighted by molar-refractivity contribution is 7.80. The molecular weight excluding hydrogens is 359 g/mol. The van der Waals surface area contributed by atoms with Crippen LogP contribution in [0.3, 0.4) is 0 Å². The molecule has 0 aromatic heterocycles. The Kier molecular flexibility index (Phi) is 6.41. The average Bonchev–Trinajstić information content (AvgIpc) is 2.70. The van der Waals surface area contributed by atoms with E-state index in [1.165, 1.54) is 40.6 Å². The van der Waals surface area contributed by atoms with E-state index in [1.54, 1.807) is 24.3 Å². The van der Waals surface area contributed by atoms with Gasteiger partial charge in [-0.3, -0.25) is 9.59 Å². The summed E-state index contributed by atoms with van der Waals surface area (Å²) in [5, 5.41) is 0. The zero-order chi connectivity index (χ0) is 19.3. The van der Waals surface area contributed by atoms with Crippen molar-refractivity contribution in [1.29, 1.82) is 0 Å². The van der Waals surface area contributed by atoms with Crippen molar-refractivity contribution in [3.8, 4) is 23.0 Å². The van der Waals surface area contributed by atoms with Crippen LogP contribution in [0.5, 0.6) is 23.0 Å². The van der Waals surface area contributed by atoms with Gasteiger partial charge in [0.15, 0.2) is 23.0 Å². The fourth-order valence-electron chi connectivity index (χ4n) is 2.48. The largest absolute Gasteiger partial charge is 0.493 e. The Labute approximate surface area is 151 Å². The van der Waals surface area contributed by atoms with Gasteiger partial charge in [0.1, 0.15) is 0 Å². The molecule has 0 fully saturated rings. The molecule has 0 saturated heterocycles. The Morgan fingerprint density at radius 3 is 1.38 bits per heavy atom. The second-order valence-electron chi connectivity index (χ2n) is 5.07. The number of methoxy groups -OCH3 is 4. The lowest BCUT2D eigenvalue weighted by molar-refractivity contribution is 0.104. The molecule has 0 spiro atoms. The fourth-order valence-corrected chi connectivity index (χ4v) is 3.57. The predicted molar refractivity (Wildman–Crippen MR) is 96.8 cm³/mol. The summed E-state index contributed by atoms with van der Waals surface area (Å²) in [5.41, 5.74) is -1.60. The zero-order valence-corrected chi connectivity index (χ0v) is 15.8. The highest BCUT2D eigenvalue weighted by atomic mass is 31.1. The van der Waals surface area contributed by atoms with Crippen LogP contribution in [0.15, 0.2) is 36.4 Å². The second-order valence-corrected chi connectivity index (χ2v) is 6.64. The Morgan fingerprint density at radius 2 is 1.08 bits per heavy atom. The molecule has 0 saturated carbocycles. The van der Waals surface area contributed by atoms with Gasteiger partial charge in [0.2, 0.25) is 18.8 Å². The minimum absolute atomic E-state index is 0.0194. The lowest BCUT2D eigenvalue weighted by Crippen LogP contribution is -2.06. The molecule has 0 bridgehead atoms. The van der Waals surface area contributed by atoms with E-state index in [2.05, 4.69) is 0 Å². The van der Waals surface area contributed by atoms with Crippen LogP contribution in [0.4, 0.5) is 0 Å². The van der Waals surface area contributed by atoms with Crippen LogP contribution in [0.2, 0.25) is 0 Å². The molecule has 7 nitrogen and oxygen atoms in total. The highest BCUT2D eigenvalue weighted by Gasteiger charge is 2.29. The summed E-state index contributed by atoms with van der Waals surface area (Å²) >= 11 is 0. The molecule has 0 radical (unpaired) electrons. The molecule has 0 N–H and O–H groups in total. The number of rotatable bonds is 8. The number of para-hydroxylation sites is 2. The predicted octanol–water partition coefficient (Wildman–Crippen LogP) is 3.26. The average molecular weight is 378 g/mol. The van der Waals surface area contributed by atoms with Crippen LogP contribution < -0.4 is 18.9 Å². The molecule has 2 aromatic carbocycles. The highest BCUT2D eigenvalue weighted by Crippen LogP contribution is 2.42. The Balaban J connectivity index is 2.44. The van der Waals surface area contributed by atoms with Crippen LogP contribution in [0.1, 0.15) is 20.7 Å². The van der Waals surface area contributed by atoms with E-state index in [0.717, 1.165) is 0 Å². The molecule has 0 amide bonds. The normalized spacial score (nSPS) is 10.3. The lowest BCUT2D eigenvalue weighted by atomic mass is 10.2. The van der Waals surface area contributed by atoms with Gasteiger partial charge >= 0.3 is 0 Å². The summed E-state index contributed by atoms with van der Waals surface area (Å²) in [7, 11) is 2.19. The summed E-state index contributed by atoms with van der Waals surface area (Å²) in [6.07, 6.45) is 0. The number of hydrogen-bond acceptors (Lipinski definition) is 7. The third-order valence-corrected chi connectivity index (χ3v) is 5.07. The fraction of sp³-hybridized carbons (Fsp3) is 0.222. The van der Waals surface area contributed by atoms with Crippen LogP contribution in [-0.4, -0.2) is 39.5 Å². The monoisotopic (exact) mass is 378 g/mol. The molecule has 138 valence electrons. The topological polar surface area (TPSA) is 88.1 Å². The van der Waals surface area contributed by atoms with E-state index in [0.29, 0.717) is 11.5 Å². The summed E-state index contributed by atoms with van der Waals surface area (Å²) in [6.45, 7) is 0. The maximum Gasteiger partial charge on any atom is 0.229 e. The Bertz CT molecular complexity index is 791. The zero-order valence-electron chi connectivity index (χ0n) is 14.8. The van der Waals surface area contributed by atoms with Crippen molar-refractivity contribution in [2.75, 3.05) is 28.4 Å². The number of benzene rings is 2. The smallest absolute Gasteiger partial charge is 0.229 e. The van der Waals surface area contributed by atoms with Crippen LogP contribution in [0, 0.1) is 0 Å². The molecule has 0 aliphatic carbocycles. The van der Waals surface area contributed by atoms with Gasteiger partial charge in [-0.1, -0.05) is 12.1 Å². The maximum absolute atomic E-state index is 12.7. The van der Waals surface area contributed by atoms with Crippen molar-refractivity contribution in [3.05, 3.63) is 47.5 Å². The van der Waals surface area contributed by atoms with Crippen LogP contribution in [0.25, 0.3) is 0 Å². The van der Waals surface area contributed by atoms with Crippen molar-refractivity contribution in [3.63, 3.8) is 0 Å². The number of ether oxygens (including phenoxy) is 4. The van der Waals surface area contributed by atoms with Gasteiger partial charge in [-0.25, -0.2) is 0 Å². The number of carbonyl (C=O) groups is 2. The van der Waals surface area contributed by atoms with Gasteiger partial charge in [-0.05, 0) is 24.3 Å². The molecule has 26 heavy (non-hydrogen) atoms. The van der Waals surface area contributed by atoms with Crippen molar-refractivity contribution in [1.82, 2.24) is 0 Å². The van der Waals surface area contributed by atoms with E-state index in [-0.39, 0.29) is 22.6 Å². The second kappa shape index (κ2) is 8.54. The summed E-state index contributed by atoms with van der Waals surface area (Å²) in [5.74, 6) is 0.867. The van der Waals surface area contributed by atoms with Crippen LogP contribution in [-0.2, 0) is 4.57 Å². The quantitative estimate of drug-likeness (QED) is 0.652. The number of hydrogen-bond donors (Lipinski definition) is 0. The van der Waals surface area contributed by atoms with E-state index < -0.39 is 18.8 Å². The van der Waals surface area contributed by atoms with E-state index >= 15 is 0 Å². The van der Waals surface area contributed by atoms with Crippen LogP contribution >= 0.6 is 7.80 Å². The van der Waals surface area contributed by atoms with E-state index in [4.69, 9.17) is 18.9 Å². The van der Waals surface area contributed by atoms with Crippen molar-refractivity contribution < 1.29 is 33.1 Å². The van der Waals surface area contributed by atoms with Crippen molar-refractivity contribution in [2.24, 2.45) is 0 Å². The van der Waals surface area contributed by atoms with E-state index in [1.807, 2.05) is 0 Å². The van der Waals surface area contributed by atoms with Crippen molar-refractivity contribution >= 4 is 18.8 Å². The first-order valence-electron chi connectivity index (χ1n) is 7.55. The first-order chi connectivity index (χ1) is 12.5. The van der Waals surface area contributed by atoms with Crippen molar-refractivity contribution in [2.45, 2.75) is 0 Å². The van der Waals surface area contributed by atoms with Gasteiger partial charge in [0.05, 0.1) is 39.6 Å². The SMILES string of the molecule is COc1cccc(C(=O)[PH](=O)C(=O)c2cccc(OC)c2OC)c1OC. The lowest BCUT2D eigenvalue weighted by Gasteiger charge is -2.13. The summed E-state index contributed by atoms with van der Waals surface area (Å²) in [6, 6.07) is 9.17. The number of carbonyl (C=O) groups excluding carboxylic acids is 2. The standard InChI is InChI=1S/C18H19O7P/c1-22-13-9-5-7-11(15(13)24-3)17(19)26(21)18(20)12-8-6-10-14(23-2)16(12)25-4/h5-10,26H,1-4H3. The molecule has 8 heteroatoms. The third-order valence-electron chi connectivity index (χ3n) is 3.71. The first kappa shape index (κ1) is 19.5. The minimum atomic E-state index is -3.36. The van der Waals surface area contributed by atoms with Gasteiger partial charge in [0, 0.05) is 0 Å². The molecule has 0 atom stereocenters. The Morgan fingerprint density at radius 1 is 0.692 bits per heavy atom. The third kappa shape index (κ3) is 3.58. The molecule has 0 aliphatic rings. The Hall–Kier alpha value is -2.79. The van der Waals surface area contributed by atoms with Gasteiger partial charge in [-0.2, -0.15) is 0 Å². The molecular formula is C18H19O7P. The summed E-state index contributed by atoms with van der Waals surface area (Å²) in [4.78, 5) is 25.3. The molecule has 2 aromatic rings. The first-order valence-corrected chi connectivity index (χ1v) is 8.96. The molecule has 0 unspecified atom stereocenters. The van der Waals surface area contributed by atoms with Gasteiger partial charge in [0.25, 0.3) is 0 Å². The molecule has 0 aliphatic heterocycles. The maximum atomic E-state index is 12.7.